The zero-order chi connectivity index (χ0) is 20.3. The second-order valence-electron chi connectivity index (χ2n) is 5.52. The predicted molar refractivity (Wildman–Crippen MR) is 105 cm³/mol. The van der Waals surface area contributed by atoms with Crippen LogP contribution in [-0.2, 0) is 9.53 Å². The molecule has 0 bridgehead atoms. The number of anilines is 2. The fourth-order valence-corrected chi connectivity index (χ4v) is 3.81. The zero-order valence-corrected chi connectivity index (χ0v) is 16.4. The number of carbonyl (C=O) groups is 3. The summed E-state index contributed by atoms with van der Waals surface area (Å²) >= 11 is 2.14. The van der Waals surface area contributed by atoms with Crippen LogP contribution in [0.25, 0.3) is 11.3 Å². The number of amides is 2. The Morgan fingerprint density at radius 2 is 1.86 bits per heavy atom. The van der Waals surface area contributed by atoms with E-state index < -0.39 is 17.7 Å². The summed E-state index contributed by atoms with van der Waals surface area (Å²) in [6, 6.07) is 7.29. The van der Waals surface area contributed by atoms with Crippen molar-refractivity contribution in [2.45, 2.75) is 6.92 Å². The van der Waals surface area contributed by atoms with Crippen LogP contribution in [-0.4, -0.2) is 29.9 Å². The largest absolute Gasteiger partial charge is 0.465 e. The molecule has 3 rings (SSSR count). The van der Waals surface area contributed by atoms with Gasteiger partial charge in [0.05, 0.1) is 17.7 Å². The number of halogens is 1. The van der Waals surface area contributed by atoms with E-state index in [4.69, 9.17) is 0 Å². The highest BCUT2D eigenvalue weighted by Crippen LogP contribution is 2.29. The Bertz CT molecular complexity index is 1060. The number of benzene rings is 1. The van der Waals surface area contributed by atoms with E-state index in [0.717, 1.165) is 22.7 Å². The SMILES string of the molecule is COC(=O)c1ccc(C(=O)Nc2nc(-c3ccc(NC(C)=O)cc3F)cs2)s1. The molecule has 0 aliphatic heterocycles. The average molecular weight is 419 g/mol. The fraction of sp³-hybridized carbons (Fsp3) is 0.111. The van der Waals surface area contributed by atoms with Crippen molar-refractivity contribution >= 4 is 51.3 Å². The van der Waals surface area contributed by atoms with Crippen molar-refractivity contribution in [2.75, 3.05) is 17.7 Å². The lowest BCUT2D eigenvalue weighted by molar-refractivity contribution is -0.114. The van der Waals surface area contributed by atoms with Crippen molar-refractivity contribution in [1.29, 1.82) is 0 Å². The molecule has 2 aromatic heterocycles. The van der Waals surface area contributed by atoms with E-state index in [2.05, 4.69) is 20.4 Å². The number of hydrogen-bond donors (Lipinski definition) is 2. The van der Waals surface area contributed by atoms with Gasteiger partial charge in [0.1, 0.15) is 10.7 Å². The molecule has 2 amide bonds. The smallest absolute Gasteiger partial charge is 0.348 e. The summed E-state index contributed by atoms with van der Waals surface area (Å²) in [6.07, 6.45) is 0. The van der Waals surface area contributed by atoms with Gasteiger partial charge >= 0.3 is 5.97 Å². The molecule has 0 unspecified atom stereocenters. The minimum absolute atomic E-state index is 0.245. The number of aromatic nitrogens is 1. The molecule has 0 fully saturated rings. The molecule has 0 radical (unpaired) electrons. The molecule has 2 heterocycles. The first-order chi connectivity index (χ1) is 13.4. The Balaban J connectivity index is 1.73. The van der Waals surface area contributed by atoms with Crippen LogP contribution in [0.4, 0.5) is 15.2 Å². The number of thiophene rings is 1. The molecule has 0 saturated heterocycles. The summed E-state index contributed by atoms with van der Waals surface area (Å²) in [4.78, 5) is 39.7. The normalized spacial score (nSPS) is 10.4. The highest BCUT2D eigenvalue weighted by Gasteiger charge is 2.16. The number of thiazole rings is 1. The van der Waals surface area contributed by atoms with Crippen molar-refractivity contribution in [3.8, 4) is 11.3 Å². The Morgan fingerprint density at radius 1 is 1.11 bits per heavy atom. The van der Waals surface area contributed by atoms with Gasteiger partial charge in [-0.15, -0.1) is 22.7 Å². The number of esters is 1. The van der Waals surface area contributed by atoms with Crippen LogP contribution in [0.3, 0.4) is 0 Å². The summed E-state index contributed by atoms with van der Waals surface area (Å²) in [5, 5.41) is 7.03. The van der Waals surface area contributed by atoms with Gasteiger partial charge in [0, 0.05) is 23.6 Å². The molecule has 0 spiro atoms. The molecular weight excluding hydrogens is 405 g/mol. The van der Waals surface area contributed by atoms with E-state index in [1.165, 1.54) is 38.3 Å². The summed E-state index contributed by atoms with van der Waals surface area (Å²) < 4.78 is 18.9. The molecule has 144 valence electrons. The van der Waals surface area contributed by atoms with E-state index in [9.17, 15) is 18.8 Å². The summed E-state index contributed by atoms with van der Waals surface area (Å²) in [5.74, 6) is -1.79. The van der Waals surface area contributed by atoms with Crippen LogP contribution in [0.5, 0.6) is 0 Å². The van der Waals surface area contributed by atoms with Gasteiger partial charge in [0.15, 0.2) is 5.13 Å². The predicted octanol–water partition coefficient (Wildman–Crippen LogP) is 4.01. The second kappa shape index (κ2) is 8.28. The van der Waals surface area contributed by atoms with Crippen LogP contribution in [0, 0.1) is 5.82 Å². The third kappa shape index (κ3) is 4.41. The first-order valence-electron chi connectivity index (χ1n) is 7.90. The van der Waals surface area contributed by atoms with Crippen LogP contribution < -0.4 is 10.6 Å². The number of rotatable bonds is 5. The van der Waals surface area contributed by atoms with Crippen LogP contribution in [0.2, 0.25) is 0 Å². The van der Waals surface area contributed by atoms with Crippen LogP contribution in [0.15, 0.2) is 35.7 Å². The molecule has 0 aliphatic rings. The van der Waals surface area contributed by atoms with Crippen molar-refractivity contribution in [2.24, 2.45) is 0 Å². The highest BCUT2D eigenvalue weighted by molar-refractivity contribution is 7.16. The van der Waals surface area contributed by atoms with Crippen molar-refractivity contribution in [3.63, 3.8) is 0 Å². The maximum Gasteiger partial charge on any atom is 0.348 e. The minimum Gasteiger partial charge on any atom is -0.465 e. The highest BCUT2D eigenvalue weighted by atomic mass is 32.1. The van der Waals surface area contributed by atoms with Crippen molar-refractivity contribution in [1.82, 2.24) is 4.98 Å². The molecule has 7 nitrogen and oxygen atoms in total. The maximum atomic E-state index is 14.3. The Hall–Kier alpha value is -3.11. The van der Waals surface area contributed by atoms with Crippen LogP contribution >= 0.6 is 22.7 Å². The van der Waals surface area contributed by atoms with Gasteiger partial charge in [-0.25, -0.2) is 14.2 Å². The summed E-state index contributed by atoms with van der Waals surface area (Å²) in [7, 11) is 1.26. The average Bonchev–Trinajstić information content (AvgIpc) is 3.30. The molecule has 10 heteroatoms. The molecule has 2 N–H and O–H groups in total. The van der Waals surface area contributed by atoms with Gasteiger partial charge in [-0.05, 0) is 30.3 Å². The topological polar surface area (TPSA) is 97.4 Å². The molecular formula is C18H14FN3O4S2. The van der Waals surface area contributed by atoms with Gasteiger partial charge in [-0.2, -0.15) is 0 Å². The Kier molecular flexibility index (Phi) is 5.81. The minimum atomic E-state index is -0.546. The molecule has 0 saturated carbocycles. The standard InChI is InChI=1S/C18H14FN3O4S2/c1-9(23)20-10-3-4-11(12(19)7-10)13-8-27-18(21-13)22-16(24)14-5-6-15(28-14)17(25)26-2/h3-8H,1-2H3,(H,20,23)(H,21,22,24). The Morgan fingerprint density at radius 3 is 2.54 bits per heavy atom. The fourth-order valence-electron chi connectivity index (χ4n) is 2.29. The number of methoxy groups -OCH3 is 1. The lowest BCUT2D eigenvalue weighted by Crippen LogP contribution is -2.09. The molecule has 0 atom stereocenters. The quantitative estimate of drug-likeness (QED) is 0.609. The third-order valence-electron chi connectivity index (χ3n) is 3.51. The maximum absolute atomic E-state index is 14.3. The number of carbonyl (C=O) groups excluding carboxylic acids is 3. The Labute approximate surface area is 167 Å². The van der Waals surface area contributed by atoms with E-state index in [0.29, 0.717) is 26.3 Å². The first-order valence-corrected chi connectivity index (χ1v) is 9.59. The summed E-state index contributed by atoms with van der Waals surface area (Å²) in [6.45, 7) is 1.34. The van der Waals surface area contributed by atoms with E-state index in [1.54, 1.807) is 11.4 Å². The number of nitrogens with zero attached hydrogens (tertiary/aromatic N) is 1. The van der Waals surface area contributed by atoms with Crippen molar-refractivity contribution in [3.05, 3.63) is 51.3 Å². The molecule has 0 aliphatic carbocycles. The van der Waals surface area contributed by atoms with Gasteiger partial charge in [-0.3, -0.25) is 14.9 Å². The monoisotopic (exact) mass is 419 g/mol. The third-order valence-corrected chi connectivity index (χ3v) is 5.33. The zero-order valence-electron chi connectivity index (χ0n) is 14.7. The lowest BCUT2D eigenvalue weighted by Gasteiger charge is -2.05. The number of nitrogens with one attached hydrogen (secondary N) is 2. The van der Waals surface area contributed by atoms with Gasteiger partial charge < -0.3 is 10.1 Å². The van der Waals surface area contributed by atoms with Gasteiger partial charge in [-0.1, -0.05) is 0 Å². The van der Waals surface area contributed by atoms with Gasteiger partial charge in [0.2, 0.25) is 5.91 Å². The second-order valence-corrected chi connectivity index (χ2v) is 7.47. The first kappa shape index (κ1) is 19.6. The van der Waals surface area contributed by atoms with Crippen LogP contribution in [0.1, 0.15) is 26.3 Å². The number of ether oxygens (including phenoxy) is 1. The van der Waals surface area contributed by atoms with E-state index in [-0.39, 0.29) is 11.5 Å². The molecule has 1 aromatic carbocycles. The van der Waals surface area contributed by atoms with E-state index in [1.807, 2.05) is 0 Å². The molecule has 28 heavy (non-hydrogen) atoms. The van der Waals surface area contributed by atoms with Crippen molar-refractivity contribution < 1.29 is 23.5 Å². The summed E-state index contributed by atoms with van der Waals surface area (Å²) in [5.41, 5.74) is 0.945. The van der Waals surface area contributed by atoms with E-state index >= 15 is 0 Å². The number of hydrogen-bond acceptors (Lipinski definition) is 7. The lowest BCUT2D eigenvalue weighted by atomic mass is 10.1. The van der Waals surface area contributed by atoms with Gasteiger partial charge in [0.25, 0.3) is 5.91 Å². The molecule has 3 aromatic rings.